The third kappa shape index (κ3) is 2.73. The molecule has 2 saturated heterocycles. The highest BCUT2D eigenvalue weighted by molar-refractivity contribution is 5.76. The topological polar surface area (TPSA) is 83.4 Å². The van der Waals surface area contributed by atoms with E-state index in [1.807, 2.05) is 4.90 Å². The second-order valence-corrected chi connectivity index (χ2v) is 5.15. The maximum Gasteiger partial charge on any atom is 0.317 e. The Kier molecular flexibility index (Phi) is 3.53. The summed E-state index contributed by atoms with van der Waals surface area (Å²) in [7, 11) is 0. The molecule has 0 atom stereocenters. The summed E-state index contributed by atoms with van der Waals surface area (Å²) in [6.45, 7) is 3.68. The summed E-state index contributed by atoms with van der Waals surface area (Å²) in [6.07, 6.45) is 3.90. The standard InChI is InChI=1S/C12H18N6O2/c19-11(16-4-1-2-5-16)9-18-8-10(14-15-18)7-17-6-3-13-12(17)20/h8H,1-7,9H2,(H,13,20). The molecule has 0 aliphatic carbocycles. The molecule has 108 valence electrons. The van der Waals surface area contributed by atoms with Crippen molar-refractivity contribution in [3.8, 4) is 0 Å². The van der Waals surface area contributed by atoms with Gasteiger partial charge in [0.2, 0.25) is 5.91 Å². The second-order valence-electron chi connectivity index (χ2n) is 5.15. The highest BCUT2D eigenvalue weighted by Crippen LogP contribution is 2.09. The molecule has 8 nitrogen and oxygen atoms in total. The molecule has 1 aromatic rings. The molecule has 1 N–H and O–H groups in total. The van der Waals surface area contributed by atoms with E-state index < -0.39 is 0 Å². The first kappa shape index (κ1) is 12.9. The number of carbonyl (C=O) groups is 2. The van der Waals surface area contributed by atoms with Gasteiger partial charge in [-0.25, -0.2) is 9.48 Å². The minimum atomic E-state index is -0.0762. The maximum absolute atomic E-state index is 12.0. The third-order valence-electron chi connectivity index (χ3n) is 3.64. The summed E-state index contributed by atoms with van der Waals surface area (Å²) < 4.78 is 1.55. The zero-order valence-electron chi connectivity index (χ0n) is 11.3. The average molecular weight is 278 g/mol. The van der Waals surface area contributed by atoms with E-state index in [4.69, 9.17) is 0 Å². The van der Waals surface area contributed by atoms with Gasteiger partial charge >= 0.3 is 6.03 Å². The van der Waals surface area contributed by atoms with Gasteiger partial charge in [-0.05, 0) is 12.8 Å². The third-order valence-corrected chi connectivity index (χ3v) is 3.64. The van der Waals surface area contributed by atoms with Crippen molar-refractivity contribution in [1.29, 1.82) is 0 Å². The number of hydrogen-bond donors (Lipinski definition) is 1. The summed E-state index contributed by atoms with van der Waals surface area (Å²) in [6, 6.07) is -0.0762. The Morgan fingerprint density at radius 2 is 2.10 bits per heavy atom. The molecule has 0 saturated carbocycles. The predicted molar refractivity (Wildman–Crippen MR) is 69.6 cm³/mol. The first-order valence-corrected chi connectivity index (χ1v) is 6.92. The smallest absolute Gasteiger partial charge is 0.317 e. The summed E-state index contributed by atoms with van der Waals surface area (Å²) in [5, 5.41) is 10.7. The summed E-state index contributed by atoms with van der Waals surface area (Å²) >= 11 is 0. The zero-order valence-corrected chi connectivity index (χ0v) is 11.3. The van der Waals surface area contributed by atoms with E-state index in [2.05, 4.69) is 15.6 Å². The number of urea groups is 1. The monoisotopic (exact) mass is 278 g/mol. The van der Waals surface area contributed by atoms with Crippen LogP contribution in [-0.2, 0) is 17.9 Å². The molecule has 8 heteroatoms. The molecule has 20 heavy (non-hydrogen) atoms. The molecule has 0 aromatic carbocycles. The van der Waals surface area contributed by atoms with Gasteiger partial charge in [0.25, 0.3) is 0 Å². The van der Waals surface area contributed by atoms with Crippen molar-refractivity contribution in [2.24, 2.45) is 0 Å². The summed E-state index contributed by atoms with van der Waals surface area (Å²) in [5.74, 6) is 0.0814. The molecular weight excluding hydrogens is 260 g/mol. The molecule has 2 aliphatic heterocycles. The first-order chi connectivity index (χ1) is 9.72. The van der Waals surface area contributed by atoms with Crippen LogP contribution in [0.5, 0.6) is 0 Å². The van der Waals surface area contributed by atoms with Gasteiger partial charge in [0.1, 0.15) is 12.2 Å². The number of rotatable bonds is 4. The number of amides is 3. The van der Waals surface area contributed by atoms with Gasteiger partial charge in [-0.3, -0.25) is 4.79 Å². The lowest BCUT2D eigenvalue weighted by Crippen LogP contribution is -2.31. The molecule has 2 fully saturated rings. The van der Waals surface area contributed by atoms with E-state index in [0.29, 0.717) is 25.3 Å². The minimum Gasteiger partial charge on any atom is -0.341 e. The van der Waals surface area contributed by atoms with Crippen molar-refractivity contribution < 1.29 is 9.59 Å². The van der Waals surface area contributed by atoms with Gasteiger partial charge in [-0.1, -0.05) is 5.21 Å². The Morgan fingerprint density at radius 3 is 2.80 bits per heavy atom. The van der Waals surface area contributed by atoms with Crippen LogP contribution in [-0.4, -0.2) is 62.9 Å². The quantitative estimate of drug-likeness (QED) is 0.799. The first-order valence-electron chi connectivity index (χ1n) is 6.92. The van der Waals surface area contributed by atoms with E-state index in [0.717, 1.165) is 25.9 Å². The number of likely N-dealkylation sites (tertiary alicyclic amines) is 1. The van der Waals surface area contributed by atoms with Crippen molar-refractivity contribution in [2.45, 2.75) is 25.9 Å². The second kappa shape index (κ2) is 5.48. The number of nitrogens with zero attached hydrogens (tertiary/aromatic N) is 5. The van der Waals surface area contributed by atoms with Crippen LogP contribution < -0.4 is 5.32 Å². The SMILES string of the molecule is O=C(Cn1cc(CN2CCNC2=O)nn1)N1CCCC1. The fraction of sp³-hybridized carbons (Fsp3) is 0.667. The van der Waals surface area contributed by atoms with E-state index in [1.54, 1.807) is 15.8 Å². The van der Waals surface area contributed by atoms with Gasteiger partial charge in [0, 0.05) is 26.2 Å². The van der Waals surface area contributed by atoms with Crippen LogP contribution in [0.25, 0.3) is 0 Å². The van der Waals surface area contributed by atoms with Crippen molar-refractivity contribution in [2.75, 3.05) is 26.2 Å². The van der Waals surface area contributed by atoms with Crippen LogP contribution in [0.2, 0.25) is 0 Å². The van der Waals surface area contributed by atoms with Crippen LogP contribution >= 0.6 is 0 Å². The molecule has 3 rings (SSSR count). The number of aromatic nitrogens is 3. The fourth-order valence-corrected chi connectivity index (χ4v) is 2.55. The normalized spacial score (nSPS) is 18.7. The highest BCUT2D eigenvalue weighted by Gasteiger charge is 2.21. The van der Waals surface area contributed by atoms with Gasteiger partial charge in [0.05, 0.1) is 12.7 Å². The van der Waals surface area contributed by atoms with Crippen LogP contribution in [0.3, 0.4) is 0 Å². The average Bonchev–Trinajstić information content (AvgIpc) is 3.14. The molecule has 0 radical (unpaired) electrons. The van der Waals surface area contributed by atoms with E-state index >= 15 is 0 Å². The Morgan fingerprint density at radius 1 is 1.30 bits per heavy atom. The van der Waals surface area contributed by atoms with Gasteiger partial charge in [-0.2, -0.15) is 0 Å². The zero-order chi connectivity index (χ0) is 13.9. The summed E-state index contributed by atoms with van der Waals surface area (Å²) in [5.41, 5.74) is 0.705. The Labute approximate surface area is 116 Å². The minimum absolute atomic E-state index is 0.0762. The molecule has 0 spiro atoms. The van der Waals surface area contributed by atoms with E-state index in [-0.39, 0.29) is 18.5 Å². The van der Waals surface area contributed by atoms with Crippen molar-refractivity contribution >= 4 is 11.9 Å². The molecule has 1 aromatic heterocycles. The molecule has 0 unspecified atom stereocenters. The molecular formula is C12H18N6O2. The van der Waals surface area contributed by atoms with Crippen LogP contribution in [0, 0.1) is 0 Å². The van der Waals surface area contributed by atoms with Crippen LogP contribution in [0.4, 0.5) is 4.79 Å². The van der Waals surface area contributed by atoms with Crippen molar-refractivity contribution in [3.05, 3.63) is 11.9 Å². The number of carbonyl (C=O) groups excluding carboxylic acids is 2. The molecule has 3 heterocycles. The molecule has 0 bridgehead atoms. The Bertz CT molecular complexity index is 508. The largest absolute Gasteiger partial charge is 0.341 e. The summed E-state index contributed by atoms with van der Waals surface area (Å²) in [4.78, 5) is 27.0. The molecule has 3 amide bonds. The Balaban J connectivity index is 1.56. The van der Waals surface area contributed by atoms with E-state index in [1.165, 1.54) is 0 Å². The number of nitrogens with one attached hydrogen (secondary N) is 1. The number of hydrogen-bond acceptors (Lipinski definition) is 4. The highest BCUT2D eigenvalue weighted by atomic mass is 16.2. The van der Waals surface area contributed by atoms with Crippen molar-refractivity contribution in [1.82, 2.24) is 30.1 Å². The van der Waals surface area contributed by atoms with Crippen LogP contribution in [0.1, 0.15) is 18.5 Å². The fourth-order valence-electron chi connectivity index (χ4n) is 2.55. The van der Waals surface area contributed by atoms with Gasteiger partial charge < -0.3 is 15.1 Å². The van der Waals surface area contributed by atoms with Gasteiger partial charge in [0.15, 0.2) is 0 Å². The van der Waals surface area contributed by atoms with Crippen molar-refractivity contribution in [3.63, 3.8) is 0 Å². The van der Waals surface area contributed by atoms with E-state index in [9.17, 15) is 9.59 Å². The lowest BCUT2D eigenvalue weighted by molar-refractivity contribution is -0.130. The van der Waals surface area contributed by atoms with Crippen LogP contribution in [0.15, 0.2) is 6.20 Å². The Hall–Kier alpha value is -2.12. The van der Waals surface area contributed by atoms with Gasteiger partial charge in [-0.15, -0.1) is 5.10 Å². The molecule has 2 aliphatic rings. The maximum atomic E-state index is 12.0. The predicted octanol–water partition coefficient (Wildman–Crippen LogP) is -0.574. The lowest BCUT2D eigenvalue weighted by Gasteiger charge is -2.14. The lowest BCUT2D eigenvalue weighted by atomic mass is 10.4.